The van der Waals surface area contributed by atoms with Gasteiger partial charge in [-0.05, 0) is 56.2 Å². The average molecular weight is 405 g/mol. The Morgan fingerprint density at radius 2 is 2.00 bits per heavy atom. The van der Waals surface area contributed by atoms with E-state index >= 15 is 0 Å². The first kappa shape index (κ1) is 19.0. The van der Waals surface area contributed by atoms with Crippen LogP contribution in [0.1, 0.15) is 23.6 Å². The van der Waals surface area contributed by atoms with Gasteiger partial charge in [0, 0.05) is 10.0 Å². The lowest BCUT2D eigenvalue weighted by molar-refractivity contribution is -0.123. The molecule has 0 radical (unpaired) electrons. The highest BCUT2D eigenvalue weighted by molar-refractivity contribution is 9.10. The zero-order valence-electron chi connectivity index (χ0n) is 14.5. The topological polar surface area (TPSA) is 59.9 Å². The molecule has 2 rings (SSSR count). The molecule has 1 N–H and O–H groups in total. The predicted molar refractivity (Wildman–Crippen MR) is 102 cm³/mol. The van der Waals surface area contributed by atoms with Crippen molar-refractivity contribution in [3.05, 3.63) is 57.6 Å². The highest BCUT2D eigenvalue weighted by Crippen LogP contribution is 2.22. The van der Waals surface area contributed by atoms with E-state index in [1.807, 2.05) is 57.2 Å². The Hall–Kier alpha value is -2.34. The largest absolute Gasteiger partial charge is 0.493 e. The van der Waals surface area contributed by atoms with Crippen molar-refractivity contribution in [2.75, 3.05) is 13.2 Å². The summed E-state index contributed by atoms with van der Waals surface area (Å²) in [5.41, 5.74) is 5.37. The molecule has 0 bridgehead atoms. The molecule has 0 aliphatic carbocycles. The summed E-state index contributed by atoms with van der Waals surface area (Å²) in [7, 11) is 0. The molecule has 1 amide bonds. The first-order valence-corrected chi connectivity index (χ1v) is 8.73. The van der Waals surface area contributed by atoms with E-state index in [1.54, 1.807) is 6.21 Å². The molecule has 0 saturated carbocycles. The highest BCUT2D eigenvalue weighted by Gasteiger charge is 2.06. The Morgan fingerprint density at radius 1 is 1.20 bits per heavy atom. The van der Waals surface area contributed by atoms with Crippen LogP contribution >= 0.6 is 15.9 Å². The maximum absolute atomic E-state index is 11.9. The van der Waals surface area contributed by atoms with Crippen LogP contribution in [-0.2, 0) is 4.79 Å². The smallest absolute Gasteiger partial charge is 0.277 e. The number of hydrogen-bond donors (Lipinski definition) is 1. The summed E-state index contributed by atoms with van der Waals surface area (Å²) in [5, 5.41) is 3.97. The molecule has 2 aromatic carbocycles. The number of halogens is 1. The zero-order chi connectivity index (χ0) is 18.2. The molecule has 0 spiro atoms. The number of nitrogens with zero attached hydrogens (tertiary/aromatic N) is 1. The number of carbonyl (C=O) groups is 1. The fourth-order valence-corrected chi connectivity index (χ4v) is 2.52. The molecule has 0 aliphatic heterocycles. The molecule has 5 nitrogen and oxygen atoms in total. The summed E-state index contributed by atoms with van der Waals surface area (Å²) in [6.07, 6.45) is 1.55. The van der Waals surface area contributed by atoms with Gasteiger partial charge in [-0.3, -0.25) is 4.79 Å². The van der Waals surface area contributed by atoms with Crippen LogP contribution in [-0.4, -0.2) is 25.3 Å². The van der Waals surface area contributed by atoms with Crippen LogP contribution in [0.15, 0.2) is 46.0 Å². The first-order chi connectivity index (χ1) is 12.0. The summed E-state index contributed by atoms with van der Waals surface area (Å²) in [6, 6.07) is 11.3. The molecule has 0 aromatic heterocycles. The Bertz CT molecular complexity index is 775. The molecule has 0 heterocycles. The summed E-state index contributed by atoms with van der Waals surface area (Å²) in [6.45, 7) is 6.33. The second-order valence-corrected chi connectivity index (χ2v) is 6.31. The Morgan fingerprint density at radius 3 is 2.76 bits per heavy atom. The first-order valence-electron chi connectivity index (χ1n) is 7.94. The normalized spacial score (nSPS) is 10.7. The van der Waals surface area contributed by atoms with Crippen LogP contribution in [0.4, 0.5) is 0 Å². The summed E-state index contributed by atoms with van der Waals surface area (Å²) in [4.78, 5) is 11.9. The molecule has 0 saturated heterocycles. The minimum atomic E-state index is -0.329. The lowest BCUT2D eigenvalue weighted by Crippen LogP contribution is -2.24. The van der Waals surface area contributed by atoms with Crippen LogP contribution in [0.5, 0.6) is 11.5 Å². The van der Waals surface area contributed by atoms with Crippen LogP contribution in [0.3, 0.4) is 0 Å². The number of rotatable bonds is 7. The minimum Gasteiger partial charge on any atom is -0.493 e. The second kappa shape index (κ2) is 9.22. The van der Waals surface area contributed by atoms with Gasteiger partial charge in [-0.15, -0.1) is 0 Å². The van der Waals surface area contributed by atoms with Gasteiger partial charge in [0.15, 0.2) is 6.61 Å². The lowest BCUT2D eigenvalue weighted by Gasteiger charge is -2.10. The van der Waals surface area contributed by atoms with Gasteiger partial charge in [0.2, 0.25) is 0 Å². The highest BCUT2D eigenvalue weighted by atomic mass is 79.9. The van der Waals surface area contributed by atoms with Crippen LogP contribution in [0.2, 0.25) is 0 Å². The maximum atomic E-state index is 11.9. The Labute approximate surface area is 156 Å². The predicted octanol–water partition coefficient (Wildman–Crippen LogP) is 3.99. The van der Waals surface area contributed by atoms with Gasteiger partial charge in [-0.2, -0.15) is 5.10 Å². The van der Waals surface area contributed by atoms with Crippen molar-refractivity contribution in [2.24, 2.45) is 5.10 Å². The number of carbonyl (C=O) groups excluding carboxylic acids is 1. The maximum Gasteiger partial charge on any atom is 0.277 e. The van der Waals surface area contributed by atoms with Crippen LogP contribution in [0.25, 0.3) is 0 Å². The van der Waals surface area contributed by atoms with Crippen molar-refractivity contribution in [3.63, 3.8) is 0 Å². The van der Waals surface area contributed by atoms with E-state index in [1.165, 1.54) is 0 Å². The number of amides is 1. The Kier molecular flexibility index (Phi) is 7.01. The monoisotopic (exact) mass is 404 g/mol. The van der Waals surface area contributed by atoms with E-state index < -0.39 is 0 Å². The number of hydrogen-bond acceptors (Lipinski definition) is 4. The molecule has 0 unspecified atom stereocenters. The molecular weight excluding hydrogens is 384 g/mol. The standard InChI is InChI=1S/C19H21BrN2O3/c1-4-24-18-9-8-16(20)10-15(18)11-21-22-19(23)12-25-17-7-5-6-13(2)14(17)3/h5-11H,4,12H2,1-3H3,(H,22,23). The van der Waals surface area contributed by atoms with Gasteiger partial charge >= 0.3 is 0 Å². The van der Waals surface area contributed by atoms with E-state index in [-0.39, 0.29) is 12.5 Å². The van der Waals surface area contributed by atoms with E-state index in [2.05, 4.69) is 26.5 Å². The van der Waals surface area contributed by atoms with Crippen molar-refractivity contribution in [1.82, 2.24) is 5.43 Å². The van der Waals surface area contributed by atoms with Gasteiger partial charge in [0.25, 0.3) is 5.91 Å². The molecule has 6 heteroatoms. The summed E-state index contributed by atoms with van der Waals surface area (Å²) in [5.74, 6) is 1.07. The zero-order valence-corrected chi connectivity index (χ0v) is 16.1. The molecular formula is C19H21BrN2O3. The van der Waals surface area contributed by atoms with Crippen LogP contribution in [0, 0.1) is 13.8 Å². The SMILES string of the molecule is CCOc1ccc(Br)cc1C=NNC(=O)COc1cccc(C)c1C. The molecule has 132 valence electrons. The average Bonchev–Trinajstić information content (AvgIpc) is 2.58. The molecule has 2 aromatic rings. The van der Waals surface area contributed by atoms with Crippen LogP contribution < -0.4 is 14.9 Å². The third-order valence-corrected chi connectivity index (χ3v) is 4.07. The van der Waals surface area contributed by atoms with Crippen molar-refractivity contribution < 1.29 is 14.3 Å². The fraction of sp³-hybridized carbons (Fsp3) is 0.263. The molecule has 0 aliphatic rings. The quantitative estimate of drug-likeness (QED) is 0.560. The van der Waals surface area contributed by atoms with Gasteiger partial charge in [0.05, 0.1) is 12.8 Å². The number of benzene rings is 2. The van der Waals surface area contributed by atoms with Gasteiger partial charge in [0.1, 0.15) is 11.5 Å². The van der Waals surface area contributed by atoms with E-state index in [4.69, 9.17) is 9.47 Å². The summed E-state index contributed by atoms with van der Waals surface area (Å²) < 4.78 is 12.0. The third-order valence-electron chi connectivity index (χ3n) is 3.58. The van der Waals surface area contributed by atoms with Crippen molar-refractivity contribution in [2.45, 2.75) is 20.8 Å². The lowest BCUT2D eigenvalue weighted by atomic mass is 10.1. The van der Waals surface area contributed by atoms with E-state index in [9.17, 15) is 4.79 Å². The van der Waals surface area contributed by atoms with Crippen molar-refractivity contribution >= 4 is 28.1 Å². The van der Waals surface area contributed by atoms with Gasteiger partial charge in [-0.25, -0.2) is 5.43 Å². The van der Waals surface area contributed by atoms with E-state index in [0.29, 0.717) is 18.1 Å². The fourth-order valence-electron chi connectivity index (χ4n) is 2.14. The van der Waals surface area contributed by atoms with E-state index in [0.717, 1.165) is 21.2 Å². The number of ether oxygens (including phenoxy) is 2. The van der Waals surface area contributed by atoms with Gasteiger partial charge < -0.3 is 9.47 Å². The minimum absolute atomic E-state index is 0.0988. The van der Waals surface area contributed by atoms with Crippen molar-refractivity contribution in [1.29, 1.82) is 0 Å². The second-order valence-electron chi connectivity index (χ2n) is 5.40. The molecule has 25 heavy (non-hydrogen) atoms. The van der Waals surface area contributed by atoms with Crippen molar-refractivity contribution in [3.8, 4) is 11.5 Å². The summed E-state index contributed by atoms with van der Waals surface area (Å²) >= 11 is 3.41. The Balaban J connectivity index is 1.92. The number of aryl methyl sites for hydroxylation is 1. The van der Waals surface area contributed by atoms with Gasteiger partial charge in [-0.1, -0.05) is 28.1 Å². The number of hydrazone groups is 1. The molecule has 0 fully saturated rings. The number of nitrogens with one attached hydrogen (secondary N) is 1. The third kappa shape index (κ3) is 5.60. The molecule has 0 atom stereocenters.